The summed E-state index contributed by atoms with van der Waals surface area (Å²) in [6.07, 6.45) is 2.91. The Bertz CT molecular complexity index is 756. The fourth-order valence-corrected chi connectivity index (χ4v) is 4.17. The molecule has 0 spiro atoms. The van der Waals surface area contributed by atoms with E-state index in [0.717, 1.165) is 35.3 Å². The Labute approximate surface area is 160 Å². The van der Waals surface area contributed by atoms with E-state index in [1.54, 1.807) is 0 Å². The third-order valence-electron chi connectivity index (χ3n) is 5.61. The number of rotatable bonds is 3. The predicted molar refractivity (Wildman–Crippen MR) is 104 cm³/mol. The van der Waals surface area contributed by atoms with Crippen molar-refractivity contribution in [2.45, 2.75) is 18.9 Å². The zero-order valence-corrected chi connectivity index (χ0v) is 15.5. The number of ether oxygens (including phenoxy) is 3. The Balaban J connectivity index is 0.00000168. The summed E-state index contributed by atoms with van der Waals surface area (Å²) in [4.78, 5) is 2.52. The zero-order valence-electron chi connectivity index (χ0n) is 14.7. The maximum Gasteiger partial charge on any atom is 0.161 e. The third-order valence-corrected chi connectivity index (χ3v) is 5.61. The smallest absolute Gasteiger partial charge is 0.161 e. The fraction of sp³-hybridized carbons (Fsp3) is 0.429. The molecule has 2 bridgehead atoms. The van der Waals surface area contributed by atoms with Crippen LogP contribution in [0.4, 0.5) is 0 Å². The van der Waals surface area contributed by atoms with Gasteiger partial charge in [0.2, 0.25) is 0 Å². The summed E-state index contributed by atoms with van der Waals surface area (Å²) in [7, 11) is 0. The monoisotopic (exact) mass is 373 g/mol. The van der Waals surface area contributed by atoms with Gasteiger partial charge in [-0.2, -0.15) is 0 Å². The van der Waals surface area contributed by atoms with Crippen LogP contribution < -0.4 is 14.2 Å². The van der Waals surface area contributed by atoms with Crippen LogP contribution in [0.3, 0.4) is 0 Å². The molecule has 6 rings (SSSR count). The van der Waals surface area contributed by atoms with E-state index in [0.29, 0.717) is 19.3 Å². The Morgan fingerprint density at radius 3 is 2.23 bits per heavy atom. The van der Waals surface area contributed by atoms with Crippen molar-refractivity contribution in [3.8, 4) is 28.4 Å². The number of nitrogens with zero attached hydrogens (tertiary/aromatic N) is 1. The molecule has 1 atom stereocenters. The molecular weight excluding hydrogens is 350 g/mol. The predicted octanol–water partition coefficient (Wildman–Crippen LogP) is 4.02. The molecule has 0 radical (unpaired) electrons. The number of piperidine rings is 3. The van der Waals surface area contributed by atoms with Gasteiger partial charge in [-0.1, -0.05) is 18.2 Å². The van der Waals surface area contributed by atoms with Gasteiger partial charge in [-0.25, -0.2) is 0 Å². The van der Waals surface area contributed by atoms with Crippen molar-refractivity contribution in [2.24, 2.45) is 5.92 Å². The van der Waals surface area contributed by atoms with Crippen LogP contribution in [-0.2, 0) is 0 Å². The van der Waals surface area contributed by atoms with Crippen molar-refractivity contribution in [2.75, 3.05) is 32.8 Å². The van der Waals surface area contributed by atoms with Gasteiger partial charge in [0.05, 0.1) is 0 Å². The SMILES string of the molecule is Cl.c1cc(-c2ccc3c(c2)OCCO3)ccc1OC1CN2CCC1CC2. The van der Waals surface area contributed by atoms with Gasteiger partial charge in [-0.15, -0.1) is 12.4 Å². The lowest BCUT2D eigenvalue weighted by Gasteiger charge is -2.44. The molecule has 2 aromatic rings. The van der Waals surface area contributed by atoms with Gasteiger partial charge in [0.15, 0.2) is 11.5 Å². The van der Waals surface area contributed by atoms with E-state index in [-0.39, 0.29) is 12.4 Å². The van der Waals surface area contributed by atoms with E-state index in [4.69, 9.17) is 14.2 Å². The van der Waals surface area contributed by atoms with Gasteiger partial charge >= 0.3 is 0 Å². The molecule has 3 saturated heterocycles. The molecular formula is C21H24ClNO3. The first kappa shape index (κ1) is 17.5. The van der Waals surface area contributed by atoms with Crippen LogP contribution >= 0.6 is 12.4 Å². The minimum Gasteiger partial charge on any atom is -0.489 e. The molecule has 4 heterocycles. The molecule has 3 fully saturated rings. The molecule has 2 aromatic carbocycles. The van der Waals surface area contributed by atoms with Gasteiger partial charge in [0, 0.05) is 6.54 Å². The van der Waals surface area contributed by atoms with E-state index in [2.05, 4.69) is 41.3 Å². The maximum absolute atomic E-state index is 6.28. The Morgan fingerprint density at radius 2 is 1.54 bits per heavy atom. The van der Waals surface area contributed by atoms with Crippen LogP contribution in [0.15, 0.2) is 42.5 Å². The van der Waals surface area contributed by atoms with Crippen LogP contribution in [0.25, 0.3) is 11.1 Å². The average Bonchev–Trinajstić information content (AvgIpc) is 2.69. The summed E-state index contributed by atoms with van der Waals surface area (Å²) in [6.45, 7) is 4.80. The van der Waals surface area contributed by atoms with Crippen molar-refractivity contribution in [1.29, 1.82) is 0 Å². The van der Waals surface area contributed by atoms with Crippen molar-refractivity contribution >= 4 is 12.4 Å². The minimum absolute atomic E-state index is 0. The van der Waals surface area contributed by atoms with Gasteiger partial charge in [-0.3, -0.25) is 4.90 Å². The number of hydrogen-bond donors (Lipinski definition) is 0. The second kappa shape index (κ2) is 7.37. The Hall–Kier alpha value is -1.91. The highest BCUT2D eigenvalue weighted by Gasteiger charge is 2.35. The Kier molecular flexibility index (Phi) is 4.96. The molecule has 5 heteroatoms. The van der Waals surface area contributed by atoms with Crippen LogP contribution in [0, 0.1) is 5.92 Å². The number of halogens is 1. The summed E-state index contributed by atoms with van der Waals surface area (Å²) in [5.41, 5.74) is 2.30. The zero-order chi connectivity index (χ0) is 16.6. The van der Waals surface area contributed by atoms with Crippen molar-refractivity contribution in [3.63, 3.8) is 0 Å². The summed E-state index contributed by atoms with van der Waals surface area (Å²) in [5.74, 6) is 3.36. The fourth-order valence-electron chi connectivity index (χ4n) is 4.17. The molecule has 0 aliphatic carbocycles. The highest BCUT2D eigenvalue weighted by Crippen LogP contribution is 2.35. The molecule has 0 aromatic heterocycles. The number of fused-ring (bicyclic) bond motifs is 4. The van der Waals surface area contributed by atoms with Crippen molar-refractivity contribution in [3.05, 3.63) is 42.5 Å². The molecule has 0 amide bonds. The van der Waals surface area contributed by atoms with Gasteiger partial charge in [-0.05, 0) is 67.2 Å². The molecule has 4 aliphatic heterocycles. The molecule has 0 saturated carbocycles. The number of hydrogen-bond acceptors (Lipinski definition) is 4. The van der Waals surface area contributed by atoms with E-state index < -0.39 is 0 Å². The second-order valence-corrected chi connectivity index (χ2v) is 7.18. The first-order chi connectivity index (χ1) is 12.3. The van der Waals surface area contributed by atoms with Crippen LogP contribution in [-0.4, -0.2) is 43.9 Å². The van der Waals surface area contributed by atoms with E-state index >= 15 is 0 Å². The molecule has 0 N–H and O–H groups in total. The van der Waals surface area contributed by atoms with E-state index in [9.17, 15) is 0 Å². The van der Waals surface area contributed by atoms with Gasteiger partial charge in [0.25, 0.3) is 0 Å². The van der Waals surface area contributed by atoms with E-state index in [1.165, 1.54) is 31.5 Å². The summed E-state index contributed by atoms with van der Waals surface area (Å²) in [6, 6.07) is 14.5. The second-order valence-electron chi connectivity index (χ2n) is 7.18. The highest BCUT2D eigenvalue weighted by atomic mass is 35.5. The molecule has 4 aliphatic rings. The number of benzene rings is 2. The quantitative estimate of drug-likeness (QED) is 0.813. The third kappa shape index (κ3) is 3.36. The first-order valence-corrected chi connectivity index (χ1v) is 9.24. The molecule has 4 nitrogen and oxygen atoms in total. The van der Waals surface area contributed by atoms with Crippen LogP contribution in [0.2, 0.25) is 0 Å². The van der Waals surface area contributed by atoms with Crippen molar-refractivity contribution in [1.82, 2.24) is 4.90 Å². The topological polar surface area (TPSA) is 30.9 Å². The normalized spacial score (nSPS) is 26.1. The standard InChI is InChI=1S/C21H23NO3.ClH/c1-4-18(25-21-14-22-9-7-16(21)8-10-22)5-2-15(1)17-3-6-19-20(13-17)24-12-11-23-19;/h1-6,13,16,21H,7-12,14H2;1H. The summed E-state index contributed by atoms with van der Waals surface area (Å²) >= 11 is 0. The summed E-state index contributed by atoms with van der Waals surface area (Å²) in [5, 5.41) is 0. The highest BCUT2D eigenvalue weighted by molar-refractivity contribution is 5.85. The van der Waals surface area contributed by atoms with Crippen LogP contribution in [0.5, 0.6) is 17.2 Å². The molecule has 26 heavy (non-hydrogen) atoms. The lowest BCUT2D eigenvalue weighted by molar-refractivity contribution is -0.00775. The van der Waals surface area contributed by atoms with Crippen molar-refractivity contribution < 1.29 is 14.2 Å². The lowest BCUT2D eigenvalue weighted by Crippen LogP contribution is -2.52. The maximum atomic E-state index is 6.28. The Morgan fingerprint density at radius 1 is 0.846 bits per heavy atom. The van der Waals surface area contributed by atoms with Crippen LogP contribution in [0.1, 0.15) is 12.8 Å². The average molecular weight is 374 g/mol. The first-order valence-electron chi connectivity index (χ1n) is 9.24. The van der Waals surface area contributed by atoms with Gasteiger partial charge < -0.3 is 14.2 Å². The minimum atomic E-state index is 0. The largest absolute Gasteiger partial charge is 0.489 e. The molecule has 138 valence electrons. The summed E-state index contributed by atoms with van der Waals surface area (Å²) < 4.78 is 17.6. The molecule has 1 unspecified atom stereocenters. The van der Waals surface area contributed by atoms with Gasteiger partial charge in [0.1, 0.15) is 25.1 Å². The lowest BCUT2D eigenvalue weighted by atomic mass is 9.86. The van der Waals surface area contributed by atoms with E-state index in [1.807, 2.05) is 6.07 Å².